The Kier molecular flexibility index (Phi) is 6.35. The summed E-state index contributed by atoms with van der Waals surface area (Å²) in [7, 11) is 0. The van der Waals surface area contributed by atoms with Gasteiger partial charge in [-0.1, -0.05) is 41.5 Å². The normalized spacial score (nSPS) is 14.4. The summed E-state index contributed by atoms with van der Waals surface area (Å²) in [5.74, 6) is 0.640. The molecule has 0 heterocycles. The zero-order valence-electron chi connectivity index (χ0n) is 13.3. The lowest BCUT2D eigenvalue weighted by Crippen LogP contribution is -2.42. The SMILES string of the molecule is CCN(CC(C)(C)CN)C(=O)CC(C)C(C)(C)C. The third-order valence-electron chi connectivity index (χ3n) is 3.87. The molecule has 0 spiro atoms. The third kappa shape index (κ3) is 5.85. The fourth-order valence-electron chi connectivity index (χ4n) is 1.65. The summed E-state index contributed by atoms with van der Waals surface area (Å²) in [6.07, 6.45) is 0.623. The van der Waals surface area contributed by atoms with Crippen LogP contribution >= 0.6 is 0 Å². The minimum absolute atomic E-state index is 0.00333. The molecule has 3 heteroatoms. The van der Waals surface area contributed by atoms with E-state index in [-0.39, 0.29) is 16.7 Å². The molecule has 3 nitrogen and oxygen atoms in total. The number of rotatable bonds is 6. The molecule has 0 aromatic rings. The minimum Gasteiger partial charge on any atom is -0.342 e. The van der Waals surface area contributed by atoms with Gasteiger partial charge in [0.25, 0.3) is 0 Å². The number of hydrogen-bond acceptors (Lipinski definition) is 2. The van der Waals surface area contributed by atoms with Gasteiger partial charge >= 0.3 is 0 Å². The fourth-order valence-corrected chi connectivity index (χ4v) is 1.65. The van der Waals surface area contributed by atoms with Crippen molar-refractivity contribution in [2.75, 3.05) is 19.6 Å². The first-order valence-electron chi connectivity index (χ1n) is 7.01. The number of hydrogen-bond donors (Lipinski definition) is 1. The van der Waals surface area contributed by atoms with Crippen molar-refractivity contribution >= 4 is 5.91 Å². The van der Waals surface area contributed by atoms with Crippen LogP contribution in [0, 0.1) is 16.7 Å². The molecule has 1 unspecified atom stereocenters. The Morgan fingerprint density at radius 2 is 1.72 bits per heavy atom. The molecule has 0 aliphatic carbocycles. The highest BCUT2D eigenvalue weighted by molar-refractivity contribution is 5.76. The first-order valence-corrected chi connectivity index (χ1v) is 7.01. The summed E-state index contributed by atoms with van der Waals surface area (Å²) in [6, 6.07) is 0. The van der Waals surface area contributed by atoms with Gasteiger partial charge in [-0.2, -0.15) is 0 Å². The molecule has 0 saturated heterocycles. The molecule has 0 rings (SSSR count). The average molecular weight is 256 g/mol. The van der Waals surface area contributed by atoms with Gasteiger partial charge in [-0.3, -0.25) is 4.79 Å². The lowest BCUT2D eigenvalue weighted by atomic mass is 9.80. The highest BCUT2D eigenvalue weighted by atomic mass is 16.2. The molecule has 1 atom stereocenters. The van der Waals surface area contributed by atoms with Gasteiger partial charge in [0, 0.05) is 19.5 Å². The molecular weight excluding hydrogens is 224 g/mol. The highest BCUT2D eigenvalue weighted by Crippen LogP contribution is 2.29. The van der Waals surface area contributed by atoms with Gasteiger partial charge in [-0.15, -0.1) is 0 Å². The quantitative estimate of drug-likeness (QED) is 0.794. The topological polar surface area (TPSA) is 46.3 Å². The van der Waals surface area contributed by atoms with Gasteiger partial charge in [-0.25, -0.2) is 0 Å². The van der Waals surface area contributed by atoms with Crippen molar-refractivity contribution in [1.29, 1.82) is 0 Å². The molecule has 0 saturated carbocycles. The molecule has 2 N–H and O–H groups in total. The van der Waals surface area contributed by atoms with Crippen molar-refractivity contribution in [1.82, 2.24) is 4.90 Å². The Labute approximate surface area is 113 Å². The summed E-state index contributed by atoms with van der Waals surface area (Å²) in [6.45, 7) is 17.1. The van der Waals surface area contributed by atoms with Crippen LogP contribution < -0.4 is 5.73 Å². The van der Waals surface area contributed by atoms with Crippen LogP contribution in [0.2, 0.25) is 0 Å². The van der Waals surface area contributed by atoms with E-state index in [1.54, 1.807) is 0 Å². The van der Waals surface area contributed by atoms with Crippen LogP contribution in [0.15, 0.2) is 0 Å². The zero-order chi connectivity index (χ0) is 14.6. The number of amides is 1. The smallest absolute Gasteiger partial charge is 0.222 e. The van der Waals surface area contributed by atoms with Gasteiger partial charge in [-0.05, 0) is 30.2 Å². The molecule has 0 aliphatic rings. The maximum Gasteiger partial charge on any atom is 0.222 e. The van der Waals surface area contributed by atoms with Crippen molar-refractivity contribution in [2.24, 2.45) is 22.5 Å². The summed E-state index contributed by atoms with van der Waals surface area (Å²) in [4.78, 5) is 14.2. The standard InChI is InChI=1S/C15H32N2O/c1-8-17(11-15(6,7)10-16)13(18)9-12(2)14(3,4)5/h12H,8-11,16H2,1-7H3. The second kappa shape index (κ2) is 6.55. The van der Waals surface area contributed by atoms with E-state index in [9.17, 15) is 4.79 Å². The van der Waals surface area contributed by atoms with Crippen molar-refractivity contribution in [3.63, 3.8) is 0 Å². The molecule has 108 valence electrons. The van der Waals surface area contributed by atoms with E-state index in [2.05, 4.69) is 41.5 Å². The van der Waals surface area contributed by atoms with E-state index < -0.39 is 0 Å². The molecule has 0 aromatic heterocycles. The molecule has 0 aromatic carbocycles. The van der Waals surface area contributed by atoms with Crippen LogP contribution in [-0.2, 0) is 4.79 Å². The Bertz CT molecular complexity index is 266. The first kappa shape index (κ1) is 17.4. The highest BCUT2D eigenvalue weighted by Gasteiger charge is 2.27. The fraction of sp³-hybridized carbons (Fsp3) is 0.933. The average Bonchev–Trinajstić information content (AvgIpc) is 2.24. The number of carbonyl (C=O) groups is 1. The van der Waals surface area contributed by atoms with Crippen molar-refractivity contribution in [3.05, 3.63) is 0 Å². The van der Waals surface area contributed by atoms with E-state index in [1.807, 2.05) is 11.8 Å². The van der Waals surface area contributed by atoms with E-state index >= 15 is 0 Å². The lowest BCUT2D eigenvalue weighted by Gasteiger charge is -2.33. The molecular formula is C15H32N2O. The van der Waals surface area contributed by atoms with Crippen LogP contribution in [0.3, 0.4) is 0 Å². The maximum atomic E-state index is 12.3. The second-order valence-corrected chi connectivity index (χ2v) is 7.25. The van der Waals surface area contributed by atoms with Crippen LogP contribution in [0.5, 0.6) is 0 Å². The van der Waals surface area contributed by atoms with Crippen molar-refractivity contribution < 1.29 is 4.79 Å². The zero-order valence-corrected chi connectivity index (χ0v) is 13.3. The number of nitrogens with zero attached hydrogens (tertiary/aromatic N) is 1. The van der Waals surface area contributed by atoms with Crippen LogP contribution in [0.1, 0.15) is 54.9 Å². The van der Waals surface area contributed by atoms with Gasteiger partial charge in [0.15, 0.2) is 0 Å². The molecule has 0 radical (unpaired) electrons. The van der Waals surface area contributed by atoms with Crippen molar-refractivity contribution in [2.45, 2.75) is 54.9 Å². The molecule has 0 fully saturated rings. The third-order valence-corrected chi connectivity index (χ3v) is 3.87. The van der Waals surface area contributed by atoms with Crippen LogP contribution in [-0.4, -0.2) is 30.4 Å². The summed E-state index contributed by atoms with van der Waals surface area (Å²) in [5.41, 5.74) is 5.92. The molecule has 0 bridgehead atoms. The molecule has 1 amide bonds. The predicted molar refractivity (Wildman–Crippen MR) is 78.3 cm³/mol. The second-order valence-electron chi connectivity index (χ2n) is 7.25. The Morgan fingerprint density at radius 3 is 2.06 bits per heavy atom. The van der Waals surface area contributed by atoms with E-state index in [4.69, 9.17) is 5.73 Å². The first-order chi connectivity index (χ1) is 8.03. The largest absolute Gasteiger partial charge is 0.342 e. The van der Waals surface area contributed by atoms with Gasteiger partial charge in [0.1, 0.15) is 0 Å². The van der Waals surface area contributed by atoms with E-state index in [1.165, 1.54) is 0 Å². The Hall–Kier alpha value is -0.570. The molecule has 0 aliphatic heterocycles. The van der Waals surface area contributed by atoms with Gasteiger partial charge < -0.3 is 10.6 Å². The summed E-state index contributed by atoms with van der Waals surface area (Å²) < 4.78 is 0. The lowest BCUT2D eigenvalue weighted by molar-refractivity contribution is -0.134. The monoisotopic (exact) mass is 256 g/mol. The van der Waals surface area contributed by atoms with Gasteiger partial charge in [0.2, 0.25) is 5.91 Å². The predicted octanol–water partition coefficient (Wildman–Crippen LogP) is 2.89. The minimum atomic E-state index is -0.00333. The van der Waals surface area contributed by atoms with Crippen LogP contribution in [0.25, 0.3) is 0 Å². The van der Waals surface area contributed by atoms with Gasteiger partial charge in [0.05, 0.1) is 0 Å². The van der Waals surface area contributed by atoms with E-state index in [0.29, 0.717) is 18.9 Å². The maximum absolute atomic E-state index is 12.3. The van der Waals surface area contributed by atoms with E-state index in [0.717, 1.165) is 13.1 Å². The summed E-state index contributed by atoms with van der Waals surface area (Å²) >= 11 is 0. The number of carbonyl (C=O) groups excluding carboxylic acids is 1. The van der Waals surface area contributed by atoms with Crippen molar-refractivity contribution in [3.8, 4) is 0 Å². The summed E-state index contributed by atoms with van der Waals surface area (Å²) in [5, 5.41) is 0. The molecule has 18 heavy (non-hydrogen) atoms. The number of nitrogens with two attached hydrogens (primary N) is 1. The Morgan fingerprint density at radius 1 is 1.22 bits per heavy atom. The Balaban J connectivity index is 4.55. The van der Waals surface area contributed by atoms with Crippen LogP contribution in [0.4, 0.5) is 0 Å².